The Bertz CT molecular complexity index is 1680. The van der Waals surface area contributed by atoms with Crippen molar-refractivity contribution in [1.29, 1.82) is 0 Å². The molecule has 2 N–H and O–H groups in total. The van der Waals surface area contributed by atoms with Crippen LogP contribution in [0.4, 0.5) is 10.1 Å². The quantitative estimate of drug-likeness (QED) is 0.297. The molecule has 1 unspecified atom stereocenters. The molecule has 5 rings (SSSR count). The first-order chi connectivity index (χ1) is 20.7. The molecule has 3 aromatic carbocycles. The molecule has 0 saturated carbocycles. The summed E-state index contributed by atoms with van der Waals surface area (Å²) in [6.45, 7) is 4.40. The number of nitrogens with zero attached hydrogens (tertiary/aromatic N) is 2. The number of rotatable bonds is 7. The topological polar surface area (TPSA) is 92.8 Å². The zero-order valence-electron chi connectivity index (χ0n) is 24.1. The SMILES string of the molecule is CN1C(=O)C(NC(=O)c2cc(Oc3ccccc3)ccn2)COc2ccc(C#CC(C)(C)NCc3ccc(F)cc3)cc21. The lowest BCUT2D eigenvalue weighted by molar-refractivity contribution is -0.120. The maximum Gasteiger partial charge on any atom is 0.270 e. The van der Waals surface area contributed by atoms with Gasteiger partial charge in [-0.25, -0.2) is 4.39 Å². The Morgan fingerprint density at radius 2 is 1.84 bits per heavy atom. The molecule has 8 nitrogen and oxygen atoms in total. The van der Waals surface area contributed by atoms with Crippen LogP contribution in [0.3, 0.4) is 0 Å². The standard InChI is InChI=1S/C34H31FN4O4/c1-34(2,37-21-24-9-12-25(35)13-10-24)17-15-23-11-14-31-30(19-23)39(3)33(41)29(22-42-31)38-32(40)28-20-27(16-18-36-28)43-26-7-5-4-6-8-26/h4-14,16,18-20,29,37H,21-22H2,1-3H3,(H,38,40). The van der Waals surface area contributed by atoms with Gasteiger partial charge >= 0.3 is 0 Å². The number of aromatic nitrogens is 1. The van der Waals surface area contributed by atoms with Crippen LogP contribution < -0.4 is 25.0 Å². The first kappa shape index (κ1) is 29.3. The van der Waals surface area contributed by atoms with Crippen LogP contribution in [0.1, 0.15) is 35.5 Å². The van der Waals surface area contributed by atoms with Gasteiger partial charge in [0.15, 0.2) is 0 Å². The van der Waals surface area contributed by atoms with Crippen LogP contribution in [0, 0.1) is 17.7 Å². The van der Waals surface area contributed by atoms with Crippen molar-refractivity contribution < 1.29 is 23.5 Å². The molecule has 1 aromatic heterocycles. The minimum Gasteiger partial charge on any atom is -0.489 e. The molecule has 218 valence electrons. The fraction of sp³-hybridized carbons (Fsp3) is 0.206. The lowest BCUT2D eigenvalue weighted by atomic mass is 10.0. The molecule has 1 atom stereocenters. The summed E-state index contributed by atoms with van der Waals surface area (Å²) in [5.74, 6) is 6.83. The first-order valence-electron chi connectivity index (χ1n) is 13.7. The van der Waals surface area contributed by atoms with Gasteiger partial charge in [0.05, 0.1) is 11.2 Å². The molecule has 2 amide bonds. The summed E-state index contributed by atoms with van der Waals surface area (Å²) in [7, 11) is 1.63. The monoisotopic (exact) mass is 578 g/mol. The number of pyridine rings is 1. The number of carbonyl (C=O) groups is 2. The van der Waals surface area contributed by atoms with Gasteiger partial charge in [-0.1, -0.05) is 42.2 Å². The number of para-hydroxylation sites is 1. The Kier molecular flexibility index (Phi) is 8.69. The Hall–Kier alpha value is -5.20. The Morgan fingerprint density at radius 3 is 2.60 bits per heavy atom. The molecule has 4 aromatic rings. The van der Waals surface area contributed by atoms with Gasteiger partial charge in [-0.15, -0.1) is 0 Å². The van der Waals surface area contributed by atoms with E-state index in [1.807, 2.05) is 38.1 Å². The summed E-state index contributed by atoms with van der Waals surface area (Å²) in [5.41, 5.74) is 1.76. The second-order valence-corrected chi connectivity index (χ2v) is 10.6. The van der Waals surface area contributed by atoms with Crippen LogP contribution in [-0.4, -0.2) is 42.0 Å². The molecule has 0 aliphatic carbocycles. The van der Waals surface area contributed by atoms with E-state index in [9.17, 15) is 14.0 Å². The van der Waals surface area contributed by atoms with E-state index in [2.05, 4.69) is 27.5 Å². The number of anilines is 1. The highest BCUT2D eigenvalue weighted by Gasteiger charge is 2.31. The molecule has 0 bridgehead atoms. The molecule has 9 heteroatoms. The van der Waals surface area contributed by atoms with Crippen LogP contribution in [0.25, 0.3) is 0 Å². The maximum atomic E-state index is 13.4. The van der Waals surface area contributed by atoms with Crippen molar-refractivity contribution in [3.63, 3.8) is 0 Å². The number of nitrogens with one attached hydrogen (secondary N) is 2. The van der Waals surface area contributed by atoms with E-state index >= 15 is 0 Å². The van der Waals surface area contributed by atoms with Gasteiger partial charge in [0.1, 0.15) is 41.4 Å². The van der Waals surface area contributed by atoms with Gasteiger partial charge in [-0.05, 0) is 67.9 Å². The first-order valence-corrected chi connectivity index (χ1v) is 13.7. The minimum atomic E-state index is -0.936. The van der Waals surface area contributed by atoms with Crippen LogP contribution in [-0.2, 0) is 11.3 Å². The predicted octanol–water partition coefficient (Wildman–Crippen LogP) is 5.09. The van der Waals surface area contributed by atoms with E-state index in [-0.39, 0.29) is 24.0 Å². The van der Waals surface area contributed by atoms with E-state index in [0.717, 1.165) is 5.56 Å². The lowest BCUT2D eigenvalue weighted by Gasteiger charge is -2.21. The fourth-order valence-electron chi connectivity index (χ4n) is 4.33. The molecule has 0 saturated heterocycles. The van der Waals surface area contributed by atoms with Crippen molar-refractivity contribution in [3.05, 3.63) is 114 Å². The normalized spacial score (nSPS) is 14.5. The highest BCUT2D eigenvalue weighted by molar-refractivity contribution is 6.03. The molecule has 1 aliphatic rings. The third-order valence-electron chi connectivity index (χ3n) is 6.77. The third-order valence-corrected chi connectivity index (χ3v) is 6.77. The third kappa shape index (κ3) is 7.56. The minimum absolute atomic E-state index is 0.0481. The van der Waals surface area contributed by atoms with Gasteiger partial charge in [0.25, 0.3) is 11.8 Å². The van der Waals surface area contributed by atoms with E-state index < -0.39 is 17.5 Å². The number of carbonyl (C=O) groups excluding carboxylic acids is 2. The van der Waals surface area contributed by atoms with Gasteiger partial charge in [0, 0.05) is 31.4 Å². The summed E-state index contributed by atoms with van der Waals surface area (Å²) >= 11 is 0. The summed E-state index contributed by atoms with van der Waals surface area (Å²) in [5, 5.41) is 6.11. The molecule has 2 heterocycles. The average molecular weight is 579 g/mol. The smallest absolute Gasteiger partial charge is 0.270 e. The van der Waals surface area contributed by atoms with Crippen molar-refractivity contribution >= 4 is 17.5 Å². The number of fused-ring (bicyclic) bond motifs is 1. The molecule has 0 radical (unpaired) electrons. The van der Waals surface area contributed by atoms with Crippen LogP contribution >= 0.6 is 0 Å². The number of hydrogen-bond donors (Lipinski definition) is 2. The molecule has 0 spiro atoms. The van der Waals surface area contributed by atoms with Crippen LogP contribution in [0.15, 0.2) is 91.1 Å². The van der Waals surface area contributed by atoms with Gasteiger partial charge in [-0.2, -0.15) is 0 Å². The highest BCUT2D eigenvalue weighted by Crippen LogP contribution is 2.31. The summed E-state index contributed by atoms with van der Waals surface area (Å²) in [6.07, 6.45) is 1.47. The zero-order chi connectivity index (χ0) is 30.4. The van der Waals surface area contributed by atoms with Gasteiger partial charge in [0.2, 0.25) is 0 Å². The van der Waals surface area contributed by atoms with Crippen molar-refractivity contribution in [2.24, 2.45) is 0 Å². The van der Waals surface area contributed by atoms with Crippen LogP contribution in [0.5, 0.6) is 17.2 Å². The Morgan fingerprint density at radius 1 is 1.07 bits per heavy atom. The molecular weight excluding hydrogens is 547 g/mol. The summed E-state index contributed by atoms with van der Waals surface area (Å²) < 4.78 is 24.9. The number of hydrogen-bond acceptors (Lipinski definition) is 6. The van der Waals surface area contributed by atoms with E-state index in [1.165, 1.54) is 29.3 Å². The molecular formula is C34H31FN4O4. The number of ether oxygens (including phenoxy) is 2. The molecule has 0 fully saturated rings. The zero-order valence-corrected chi connectivity index (χ0v) is 24.1. The average Bonchev–Trinajstić information content (AvgIpc) is 3.12. The Balaban J connectivity index is 1.24. The number of halogens is 1. The van der Waals surface area contributed by atoms with E-state index in [0.29, 0.717) is 35.0 Å². The van der Waals surface area contributed by atoms with Crippen molar-refractivity contribution in [3.8, 4) is 29.1 Å². The van der Waals surface area contributed by atoms with E-state index in [1.54, 1.807) is 49.5 Å². The molecule has 43 heavy (non-hydrogen) atoms. The van der Waals surface area contributed by atoms with Crippen molar-refractivity contribution in [1.82, 2.24) is 15.6 Å². The van der Waals surface area contributed by atoms with Crippen LogP contribution in [0.2, 0.25) is 0 Å². The summed E-state index contributed by atoms with van der Waals surface area (Å²) in [4.78, 5) is 32.0. The number of amides is 2. The van der Waals surface area contributed by atoms with Crippen molar-refractivity contribution in [2.45, 2.75) is 32.0 Å². The second-order valence-electron chi connectivity index (χ2n) is 10.6. The largest absolute Gasteiger partial charge is 0.489 e. The summed E-state index contributed by atoms with van der Waals surface area (Å²) in [6, 6.07) is 23.1. The highest BCUT2D eigenvalue weighted by atomic mass is 19.1. The number of likely N-dealkylation sites (N-methyl/N-ethyl adjacent to an activating group) is 1. The van der Waals surface area contributed by atoms with Gasteiger partial charge < -0.3 is 19.7 Å². The van der Waals surface area contributed by atoms with Gasteiger partial charge in [-0.3, -0.25) is 19.9 Å². The number of benzene rings is 3. The molecule has 1 aliphatic heterocycles. The lowest BCUT2D eigenvalue weighted by Crippen LogP contribution is -2.49. The maximum absolute atomic E-state index is 13.4. The van der Waals surface area contributed by atoms with E-state index in [4.69, 9.17) is 9.47 Å². The Labute approximate surface area is 249 Å². The van der Waals surface area contributed by atoms with Crippen molar-refractivity contribution in [2.75, 3.05) is 18.6 Å². The second kappa shape index (κ2) is 12.8. The fourth-order valence-corrected chi connectivity index (χ4v) is 4.33. The predicted molar refractivity (Wildman–Crippen MR) is 162 cm³/mol.